The lowest BCUT2D eigenvalue weighted by Gasteiger charge is -2.41. The number of rotatable bonds is 6. The lowest BCUT2D eigenvalue weighted by Crippen LogP contribution is -2.61. The molecular weight excluding hydrogens is 442 g/mol. The van der Waals surface area contributed by atoms with Gasteiger partial charge in [-0.25, -0.2) is 9.67 Å². The van der Waals surface area contributed by atoms with E-state index in [0.717, 1.165) is 0 Å². The second kappa shape index (κ2) is 8.92. The van der Waals surface area contributed by atoms with E-state index in [2.05, 4.69) is 32.3 Å². The predicted octanol–water partition coefficient (Wildman–Crippen LogP) is 0.0983. The lowest BCUT2D eigenvalue weighted by molar-refractivity contribution is -0.265. The molecule has 3 aromatic heterocycles. The number of aliphatic hydroxyl groups excluding tert-OH is 2. The summed E-state index contributed by atoms with van der Waals surface area (Å²) in [6.45, 7) is 6.77. The molecule has 32 heavy (non-hydrogen) atoms. The van der Waals surface area contributed by atoms with Gasteiger partial charge in [-0.15, -0.1) is 11.7 Å². The van der Waals surface area contributed by atoms with Gasteiger partial charge in [-0.05, 0) is 19.1 Å². The van der Waals surface area contributed by atoms with Crippen molar-refractivity contribution in [1.29, 1.82) is 0 Å². The number of ether oxygens (including phenoxy) is 2. The summed E-state index contributed by atoms with van der Waals surface area (Å²) in [4.78, 5) is 16.0. The van der Waals surface area contributed by atoms with Crippen LogP contribution in [0.15, 0.2) is 31.0 Å². The summed E-state index contributed by atoms with van der Waals surface area (Å²) in [5, 5.41) is 36.6. The fraction of sp³-hybridized carbons (Fsp3) is 0.421. The van der Waals surface area contributed by atoms with Gasteiger partial charge in [0.1, 0.15) is 35.2 Å². The van der Waals surface area contributed by atoms with Crippen LogP contribution >= 0.6 is 11.6 Å². The van der Waals surface area contributed by atoms with Crippen molar-refractivity contribution >= 4 is 23.2 Å². The maximum atomic E-state index is 11.5. The molecule has 1 aliphatic heterocycles. The Morgan fingerprint density at radius 1 is 1.41 bits per heavy atom. The molecule has 3 N–H and O–H groups in total. The molecule has 12 nitrogen and oxygen atoms in total. The summed E-state index contributed by atoms with van der Waals surface area (Å²) in [5.74, 6) is 0.0957. The average molecular weight is 464 g/mol. The average Bonchev–Trinajstić information content (AvgIpc) is 3.34. The molecule has 0 saturated carbocycles. The van der Waals surface area contributed by atoms with Gasteiger partial charge < -0.3 is 25.0 Å². The van der Waals surface area contributed by atoms with Crippen LogP contribution in [0.2, 0.25) is 5.15 Å². The van der Waals surface area contributed by atoms with Crippen molar-refractivity contribution in [3.8, 4) is 5.82 Å². The number of aryl methyl sites for hydroxylation is 1. The molecule has 13 heteroatoms. The van der Waals surface area contributed by atoms with Crippen LogP contribution in [0, 0.1) is 6.92 Å². The van der Waals surface area contributed by atoms with Gasteiger partial charge in [0, 0.05) is 6.92 Å². The number of imidazole rings is 1. The van der Waals surface area contributed by atoms with Crippen LogP contribution in [0.4, 0.5) is 0 Å². The number of carbonyl (C=O) groups is 1. The van der Waals surface area contributed by atoms with Crippen molar-refractivity contribution in [2.75, 3.05) is 6.61 Å². The molecule has 0 aliphatic carbocycles. The lowest BCUT2D eigenvalue weighted by atomic mass is 9.95. The number of fused-ring (bicyclic) bond motifs is 1. The first-order chi connectivity index (χ1) is 15.3. The third-order valence-electron chi connectivity index (χ3n) is 4.96. The Bertz CT molecular complexity index is 1150. The predicted molar refractivity (Wildman–Crippen MR) is 111 cm³/mol. The number of aromatic nitrogens is 6. The van der Waals surface area contributed by atoms with Crippen molar-refractivity contribution in [3.05, 3.63) is 47.5 Å². The van der Waals surface area contributed by atoms with Crippen molar-refractivity contribution in [1.82, 2.24) is 34.9 Å². The summed E-state index contributed by atoms with van der Waals surface area (Å²) < 4.78 is 14.4. The quantitative estimate of drug-likeness (QED) is 0.432. The van der Waals surface area contributed by atoms with Crippen LogP contribution < -0.4 is 5.32 Å². The fourth-order valence-corrected chi connectivity index (χ4v) is 3.72. The molecule has 0 unspecified atom stereocenters. The molecule has 0 spiro atoms. The third kappa shape index (κ3) is 4.10. The monoisotopic (exact) mass is 463 g/mol. The summed E-state index contributed by atoms with van der Waals surface area (Å²) in [6, 6.07) is 2.36. The highest BCUT2D eigenvalue weighted by Crippen LogP contribution is 2.32. The van der Waals surface area contributed by atoms with Gasteiger partial charge in [-0.2, -0.15) is 9.61 Å². The van der Waals surface area contributed by atoms with Crippen LogP contribution in [0.3, 0.4) is 0 Å². The van der Waals surface area contributed by atoms with Gasteiger partial charge in [0.25, 0.3) is 0 Å². The SMILES string of the molecule is C=CCO[C@H]1O[C@H](c2cn(-c3c(C)nc4ccc(Cl)nn34)nn2)[C@H](O)[C@H](O)[C@H]1NC(C)=O. The van der Waals surface area contributed by atoms with Crippen molar-refractivity contribution in [3.63, 3.8) is 0 Å². The number of aliphatic hydroxyl groups is 2. The van der Waals surface area contributed by atoms with Crippen LogP contribution in [0.25, 0.3) is 11.5 Å². The van der Waals surface area contributed by atoms with Crippen LogP contribution in [0.1, 0.15) is 24.4 Å². The number of nitrogens with zero attached hydrogens (tertiary/aromatic N) is 6. The second-order valence-corrected chi connectivity index (χ2v) is 7.68. The first-order valence-electron chi connectivity index (χ1n) is 9.76. The van der Waals surface area contributed by atoms with E-state index in [4.69, 9.17) is 21.1 Å². The Labute approximate surface area is 187 Å². The standard InChI is InChI=1S/C19H22ClN7O5/c1-4-7-31-19-14(22-10(3)28)15(29)16(30)17(32-19)11-8-26(25-23-11)18-9(2)21-13-6-5-12(20)24-27(13)18/h4-6,8,14-17,19,29-30H,1,7H2,2-3H3,(H,22,28)/t14-,15-,16-,17-,19+/m1/s1. The zero-order chi connectivity index (χ0) is 23.0. The minimum atomic E-state index is -1.41. The molecule has 170 valence electrons. The maximum absolute atomic E-state index is 11.5. The van der Waals surface area contributed by atoms with Crippen molar-refractivity contribution in [2.24, 2.45) is 0 Å². The van der Waals surface area contributed by atoms with Gasteiger partial charge in [0.15, 0.2) is 17.8 Å². The molecule has 1 aliphatic rings. The molecule has 0 aromatic carbocycles. The van der Waals surface area contributed by atoms with Crippen molar-refractivity contribution in [2.45, 2.75) is 44.5 Å². The molecule has 3 aromatic rings. The van der Waals surface area contributed by atoms with E-state index in [1.807, 2.05) is 0 Å². The number of nitrogens with one attached hydrogen (secondary N) is 1. The third-order valence-corrected chi connectivity index (χ3v) is 5.16. The zero-order valence-corrected chi connectivity index (χ0v) is 18.0. The molecule has 0 radical (unpaired) electrons. The molecule has 1 fully saturated rings. The topological polar surface area (TPSA) is 149 Å². The van der Waals surface area contributed by atoms with Gasteiger partial charge in [0.2, 0.25) is 5.91 Å². The molecule has 4 heterocycles. The Hall–Kier alpha value is -2.90. The summed E-state index contributed by atoms with van der Waals surface area (Å²) in [5.41, 5.74) is 1.43. The number of halogens is 1. The van der Waals surface area contributed by atoms with Crippen LogP contribution in [0.5, 0.6) is 0 Å². The van der Waals surface area contributed by atoms with E-state index >= 15 is 0 Å². The zero-order valence-electron chi connectivity index (χ0n) is 17.3. The first kappa shape index (κ1) is 22.3. The highest BCUT2D eigenvalue weighted by Gasteiger charge is 2.47. The Balaban J connectivity index is 1.66. The Kier molecular flexibility index (Phi) is 6.22. The van der Waals surface area contributed by atoms with E-state index in [9.17, 15) is 15.0 Å². The Morgan fingerprint density at radius 2 is 2.19 bits per heavy atom. The normalized spacial score (nSPS) is 25.7. The van der Waals surface area contributed by atoms with E-state index in [0.29, 0.717) is 17.2 Å². The number of amides is 1. The fourth-order valence-electron chi connectivity index (χ4n) is 3.58. The van der Waals surface area contributed by atoms with Gasteiger partial charge in [-0.1, -0.05) is 22.9 Å². The van der Waals surface area contributed by atoms with E-state index in [-0.39, 0.29) is 17.5 Å². The van der Waals surface area contributed by atoms with Gasteiger partial charge in [-0.3, -0.25) is 4.79 Å². The van der Waals surface area contributed by atoms with Crippen molar-refractivity contribution < 1.29 is 24.5 Å². The molecule has 1 saturated heterocycles. The Morgan fingerprint density at radius 3 is 2.91 bits per heavy atom. The molecule has 1 amide bonds. The van der Waals surface area contributed by atoms with Gasteiger partial charge >= 0.3 is 0 Å². The summed E-state index contributed by atoms with van der Waals surface area (Å²) >= 11 is 6.02. The highest BCUT2D eigenvalue weighted by molar-refractivity contribution is 6.29. The largest absolute Gasteiger partial charge is 0.388 e. The molecule has 4 rings (SSSR count). The first-order valence-corrected chi connectivity index (χ1v) is 10.1. The maximum Gasteiger partial charge on any atom is 0.217 e. The van der Waals surface area contributed by atoms with E-state index in [1.165, 1.54) is 28.4 Å². The smallest absolute Gasteiger partial charge is 0.217 e. The minimum Gasteiger partial charge on any atom is -0.388 e. The number of hydrogen-bond donors (Lipinski definition) is 3. The molecular formula is C19H22ClN7O5. The second-order valence-electron chi connectivity index (χ2n) is 7.29. The number of carbonyl (C=O) groups excluding carboxylic acids is 1. The van der Waals surface area contributed by atoms with Crippen LogP contribution in [-0.2, 0) is 14.3 Å². The van der Waals surface area contributed by atoms with E-state index < -0.39 is 36.6 Å². The van der Waals surface area contributed by atoms with Crippen LogP contribution in [-0.4, -0.2) is 76.9 Å². The summed E-state index contributed by atoms with van der Waals surface area (Å²) in [6.07, 6.45) is -1.88. The van der Waals surface area contributed by atoms with Gasteiger partial charge in [0.05, 0.1) is 18.5 Å². The van der Waals surface area contributed by atoms with E-state index in [1.54, 1.807) is 19.1 Å². The highest BCUT2D eigenvalue weighted by atomic mass is 35.5. The minimum absolute atomic E-state index is 0.108. The summed E-state index contributed by atoms with van der Waals surface area (Å²) in [7, 11) is 0. The molecule has 5 atom stereocenters. The molecule has 0 bridgehead atoms. The number of hydrogen-bond acceptors (Lipinski definition) is 9.